The number of ether oxygens (including phenoxy) is 2. The van der Waals surface area contributed by atoms with Crippen LogP contribution in [0.15, 0.2) is 16.6 Å². The van der Waals surface area contributed by atoms with E-state index in [1.807, 2.05) is 6.92 Å². The van der Waals surface area contributed by atoms with Crippen LogP contribution < -0.4 is 10.5 Å². The fraction of sp³-hybridized carbons (Fsp3) is 0.364. The number of carboxylic acids is 1. The number of hydrogen-bond donors (Lipinski definition) is 2. The van der Waals surface area contributed by atoms with Crippen LogP contribution in [0.2, 0.25) is 0 Å². The Kier molecular flexibility index (Phi) is 5.24. The molecule has 6 heteroatoms. The zero-order chi connectivity index (χ0) is 12.8. The Balaban J connectivity index is 2.80. The molecule has 0 radical (unpaired) electrons. The van der Waals surface area contributed by atoms with Crippen LogP contribution in [0.25, 0.3) is 0 Å². The molecule has 0 aliphatic carbocycles. The maximum atomic E-state index is 11.0. The average Bonchev–Trinajstić information content (AvgIpc) is 2.26. The standard InChI is InChI=1S/C11H14BrNO4/c1-2-16-5-6-17-8-4-3-7(12)9(10(8)13)11(14)15/h3-4H,2,5-6,13H2,1H3,(H,14,15). The van der Waals surface area contributed by atoms with Gasteiger partial charge in [-0.15, -0.1) is 0 Å². The van der Waals surface area contributed by atoms with Crippen molar-refractivity contribution < 1.29 is 19.4 Å². The zero-order valence-electron chi connectivity index (χ0n) is 9.40. The van der Waals surface area contributed by atoms with Gasteiger partial charge >= 0.3 is 5.97 Å². The molecule has 1 rings (SSSR count). The van der Waals surface area contributed by atoms with E-state index >= 15 is 0 Å². The molecule has 0 unspecified atom stereocenters. The van der Waals surface area contributed by atoms with E-state index in [2.05, 4.69) is 15.9 Å². The molecule has 0 saturated heterocycles. The topological polar surface area (TPSA) is 81.8 Å². The van der Waals surface area contributed by atoms with Crippen LogP contribution in [0.4, 0.5) is 5.69 Å². The normalized spacial score (nSPS) is 10.2. The number of rotatable bonds is 6. The van der Waals surface area contributed by atoms with E-state index in [1.54, 1.807) is 12.1 Å². The van der Waals surface area contributed by atoms with Crippen molar-refractivity contribution in [3.8, 4) is 5.75 Å². The second kappa shape index (κ2) is 6.46. The predicted molar refractivity (Wildman–Crippen MR) is 67.5 cm³/mol. The van der Waals surface area contributed by atoms with Crippen LogP contribution in [-0.4, -0.2) is 30.9 Å². The first kappa shape index (κ1) is 13.8. The minimum Gasteiger partial charge on any atom is -0.489 e. The molecule has 0 bridgehead atoms. The van der Waals surface area contributed by atoms with Gasteiger partial charge in [-0.2, -0.15) is 0 Å². The molecular weight excluding hydrogens is 290 g/mol. The quantitative estimate of drug-likeness (QED) is 0.621. The highest BCUT2D eigenvalue weighted by molar-refractivity contribution is 9.10. The Morgan fingerprint density at radius 1 is 1.47 bits per heavy atom. The second-order valence-corrected chi connectivity index (χ2v) is 4.04. The number of carbonyl (C=O) groups is 1. The van der Waals surface area contributed by atoms with Crippen LogP contribution in [-0.2, 0) is 4.74 Å². The fourth-order valence-corrected chi connectivity index (χ4v) is 1.79. The largest absolute Gasteiger partial charge is 0.489 e. The van der Waals surface area contributed by atoms with Gasteiger partial charge < -0.3 is 20.3 Å². The Morgan fingerprint density at radius 3 is 2.76 bits per heavy atom. The van der Waals surface area contributed by atoms with E-state index < -0.39 is 5.97 Å². The maximum absolute atomic E-state index is 11.0. The molecule has 0 aliphatic heterocycles. The van der Waals surface area contributed by atoms with Gasteiger partial charge in [0, 0.05) is 11.1 Å². The van der Waals surface area contributed by atoms with Crippen molar-refractivity contribution >= 4 is 27.6 Å². The van der Waals surface area contributed by atoms with Gasteiger partial charge in [-0.05, 0) is 35.0 Å². The van der Waals surface area contributed by atoms with E-state index in [4.69, 9.17) is 20.3 Å². The summed E-state index contributed by atoms with van der Waals surface area (Å²) in [4.78, 5) is 11.0. The third-order valence-corrected chi connectivity index (χ3v) is 2.72. The van der Waals surface area contributed by atoms with Crippen LogP contribution >= 0.6 is 15.9 Å². The van der Waals surface area contributed by atoms with E-state index in [1.165, 1.54) is 0 Å². The summed E-state index contributed by atoms with van der Waals surface area (Å²) in [7, 11) is 0. The Morgan fingerprint density at radius 2 is 2.18 bits per heavy atom. The zero-order valence-corrected chi connectivity index (χ0v) is 11.0. The number of halogens is 1. The molecule has 94 valence electrons. The smallest absolute Gasteiger partial charge is 0.339 e. The minimum absolute atomic E-state index is 0.0129. The lowest BCUT2D eigenvalue weighted by molar-refractivity contribution is 0.0696. The molecule has 0 spiro atoms. The number of aromatic carboxylic acids is 1. The molecule has 17 heavy (non-hydrogen) atoms. The Hall–Kier alpha value is -1.27. The molecule has 0 fully saturated rings. The van der Waals surface area contributed by atoms with Crippen molar-refractivity contribution in [1.29, 1.82) is 0 Å². The first-order valence-corrected chi connectivity index (χ1v) is 5.89. The first-order chi connectivity index (χ1) is 8.07. The first-order valence-electron chi connectivity index (χ1n) is 5.09. The second-order valence-electron chi connectivity index (χ2n) is 3.18. The van der Waals surface area contributed by atoms with Crippen molar-refractivity contribution in [1.82, 2.24) is 0 Å². The van der Waals surface area contributed by atoms with Gasteiger partial charge in [-0.1, -0.05) is 0 Å². The number of carboxylic acid groups (broad SMARTS) is 1. The van der Waals surface area contributed by atoms with Crippen LogP contribution in [0, 0.1) is 0 Å². The lowest BCUT2D eigenvalue weighted by Crippen LogP contribution is -2.10. The number of anilines is 1. The Labute approximate surface area is 108 Å². The Bertz CT molecular complexity index is 409. The van der Waals surface area contributed by atoms with Crippen molar-refractivity contribution in [2.75, 3.05) is 25.6 Å². The molecule has 0 heterocycles. The molecule has 1 aromatic carbocycles. The van der Waals surface area contributed by atoms with Gasteiger partial charge in [0.1, 0.15) is 17.9 Å². The van der Waals surface area contributed by atoms with Crippen LogP contribution in [0.1, 0.15) is 17.3 Å². The summed E-state index contributed by atoms with van der Waals surface area (Å²) in [6.45, 7) is 3.27. The number of nitrogen functional groups attached to an aromatic ring is 1. The highest BCUT2D eigenvalue weighted by Gasteiger charge is 2.16. The van der Waals surface area contributed by atoms with Gasteiger partial charge in [-0.3, -0.25) is 0 Å². The van der Waals surface area contributed by atoms with Gasteiger partial charge in [0.25, 0.3) is 0 Å². The molecule has 0 aliphatic rings. The molecule has 1 aromatic rings. The summed E-state index contributed by atoms with van der Waals surface area (Å²) in [5.74, 6) is -0.741. The van der Waals surface area contributed by atoms with Crippen molar-refractivity contribution in [3.05, 3.63) is 22.2 Å². The molecule has 5 nitrogen and oxygen atoms in total. The van der Waals surface area contributed by atoms with E-state index in [-0.39, 0.29) is 11.3 Å². The van der Waals surface area contributed by atoms with Gasteiger partial charge in [0.05, 0.1) is 12.3 Å². The lowest BCUT2D eigenvalue weighted by atomic mass is 10.1. The number of benzene rings is 1. The summed E-state index contributed by atoms with van der Waals surface area (Å²) in [6.07, 6.45) is 0. The van der Waals surface area contributed by atoms with Crippen molar-refractivity contribution in [2.45, 2.75) is 6.92 Å². The lowest BCUT2D eigenvalue weighted by Gasteiger charge is -2.11. The third kappa shape index (κ3) is 3.61. The maximum Gasteiger partial charge on any atom is 0.339 e. The van der Waals surface area contributed by atoms with E-state index in [0.717, 1.165) is 0 Å². The number of hydrogen-bond acceptors (Lipinski definition) is 4. The summed E-state index contributed by atoms with van der Waals surface area (Å²) in [5.41, 5.74) is 5.85. The summed E-state index contributed by atoms with van der Waals surface area (Å²) in [5, 5.41) is 8.99. The summed E-state index contributed by atoms with van der Waals surface area (Å²) in [6, 6.07) is 3.22. The van der Waals surface area contributed by atoms with E-state index in [9.17, 15) is 4.79 Å². The predicted octanol–water partition coefficient (Wildman–Crippen LogP) is 2.14. The van der Waals surface area contributed by atoms with Gasteiger partial charge in [-0.25, -0.2) is 4.79 Å². The SMILES string of the molecule is CCOCCOc1ccc(Br)c(C(=O)O)c1N. The third-order valence-electron chi connectivity index (χ3n) is 2.06. The van der Waals surface area contributed by atoms with E-state index in [0.29, 0.717) is 30.0 Å². The van der Waals surface area contributed by atoms with Crippen LogP contribution in [0.5, 0.6) is 5.75 Å². The summed E-state index contributed by atoms with van der Waals surface area (Å²) < 4.78 is 10.9. The molecular formula is C11H14BrNO4. The van der Waals surface area contributed by atoms with Crippen molar-refractivity contribution in [3.63, 3.8) is 0 Å². The molecule has 0 amide bonds. The summed E-state index contributed by atoms with van der Waals surface area (Å²) >= 11 is 3.13. The molecule has 0 saturated carbocycles. The van der Waals surface area contributed by atoms with Crippen LogP contribution in [0.3, 0.4) is 0 Å². The van der Waals surface area contributed by atoms with Crippen molar-refractivity contribution in [2.24, 2.45) is 0 Å². The fourth-order valence-electron chi connectivity index (χ4n) is 1.27. The molecule has 3 N–H and O–H groups in total. The highest BCUT2D eigenvalue weighted by Crippen LogP contribution is 2.31. The number of nitrogens with two attached hydrogens (primary N) is 1. The average molecular weight is 304 g/mol. The van der Waals surface area contributed by atoms with Gasteiger partial charge in [0.2, 0.25) is 0 Å². The minimum atomic E-state index is -1.09. The van der Waals surface area contributed by atoms with Gasteiger partial charge in [0.15, 0.2) is 0 Å². The highest BCUT2D eigenvalue weighted by atomic mass is 79.9. The molecule has 0 atom stereocenters. The monoisotopic (exact) mass is 303 g/mol. The molecule has 0 aromatic heterocycles.